The molecular weight excluding hydrogens is 482 g/mol. The lowest BCUT2D eigenvalue weighted by Crippen LogP contribution is -2.43. The summed E-state index contributed by atoms with van der Waals surface area (Å²) in [6.45, 7) is 0. The van der Waals surface area contributed by atoms with Crippen molar-refractivity contribution in [3.05, 3.63) is 90.0 Å². The number of imidazole rings is 1. The number of carbonyl (C=O) groups excluding carboxylic acids is 2. The summed E-state index contributed by atoms with van der Waals surface area (Å²) in [5, 5.41) is 3.46. The lowest BCUT2D eigenvalue weighted by atomic mass is 9.82. The van der Waals surface area contributed by atoms with E-state index in [9.17, 15) is 9.59 Å². The monoisotopic (exact) mass is 519 g/mol. The molecule has 200 valence electrons. The van der Waals surface area contributed by atoms with Gasteiger partial charge in [0.25, 0.3) is 0 Å². The molecule has 0 aliphatic heterocycles. The molecule has 6 rings (SSSR count). The second-order valence-corrected chi connectivity index (χ2v) is 11.3. The number of carbonyl (C=O) groups is 2. The van der Waals surface area contributed by atoms with Crippen LogP contribution in [0.1, 0.15) is 86.2 Å². The first-order valence-corrected chi connectivity index (χ1v) is 14.7. The normalized spacial score (nSPS) is 17.6. The van der Waals surface area contributed by atoms with Crippen molar-refractivity contribution in [2.24, 2.45) is 5.92 Å². The van der Waals surface area contributed by atoms with Gasteiger partial charge in [-0.2, -0.15) is 0 Å². The Morgan fingerprint density at radius 2 is 1.33 bits per heavy atom. The Balaban J connectivity index is 1.40. The highest BCUT2D eigenvalue weighted by Gasteiger charge is 2.35. The van der Waals surface area contributed by atoms with Crippen molar-refractivity contribution in [1.29, 1.82) is 0 Å². The quantitative estimate of drug-likeness (QED) is 0.257. The van der Waals surface area contributed by atoms with Crippen LogP contribution in [0.25, 0.3) is 22.4 Å². The van der Waals surface area contributed by atoms with E-state index in [1.807, 2.05) is 72.8 Å². The SMILES string of the molecule is O=C(c1ccccc1)c1ccc(-c2nc3ccccc3n2[C@H](C(=O)NC2CCCCC2)C2CCCCC2)cc1. The lowest BCUT2D eigenvalue weighted by molar-refractivity contribution is -0.127. The van der Waals surface area contributed by atoms with Crippen LogP contribution in [-0.4, -0.2) is 27.3 Å². The van der Waals surface area contributed by atoms with Crippen LogP contribution < -0.4 is 5.32 Å². The summed E-state index contributed by atoms with van der Waals surface area (Å²) in [5.41, 5.74) is 4.12. The maximum atomic E-state index is 14.1. The Morgan fingerprint density at radius 1 is 0.718 bits per heavy atom. The van der Waals surface area contributed by atoms with Crippen LogP contribution in [0.4, 0.5) is 0 Å². The van der Waals surface area contributed by atoms with Crippen molar-refractivity contribution in [2.45, 2.75) is 76.3 Å². The second-order valence-electron chi connectivity index (χ2n) is 11.3. The van der Waals surface area contributed by atoms with Crippen molar-refractivity contribution < 1.29 is 9.59 Å². The first-order chi connectivity index (χ1) is 19.2. The van der Waals surface area contributed by atoms with E-state index >= 15 is 0 Å². The van der Waals surface area contributed by atoms with Crippen molar-refractivity contribution >= 4 is 22.7 Å². The van der Waals surface area contributed by atoms with Crippen LogP contribution in [0.5, 0.6) is 0 Å². The molecule has 1 N–H and O–H groups in total. The fourth-order valence-electron chi connectivity index (χ4n) is 6.58. The zero-order chi connectivity index (χ0) is 26.6. The molecule has 5 nitrogen and oxygen atoms in total. The summed E-state index contributed by atoms with van der Waals surface area (Å²) >= 11 is 0. The van der Waals surface area contributed by atoms with E-state index in [2.05, 4.69) is 16.0 Å². The molecule has 3 aromatic carbocycles. The van der Waals surface area contributed by atoms with Crippen LogP contribution >= 0.6 is 0 Å². The van der Waals surface area contributed by atoms with Gasteiger partial charge in [0.15, 0.2) is 5.78 Å². The summed E-state index contributed by atoms with van der Waals surface area (Å²) in [5.74, 6) is 1.21. The number of nitrogens with one attached hydrogen (secondary N) is 1. The van der Waals surface area contributed by atoms with Crippen LogP contribution in [0.3, 0.4) is 0 Å². The first kappa shape index (κ1) is 25.5. The van der Waals surface area contributed by atoms with Gasteiger partial charge in [0.2, 0.25) is 5.91 Å². The molecule has 0 saturated heterocycles. The summed E-state index contributed by atoms with van der Waals surface area (Å²) in [4.78, 5) is 32.2. The standard InChI is InChI=1S/C34H37N3O2/c38-32(25-14-6-2-7-15-25)26-20-22-27(23-21-26)33-36-29-18-10-11-19-30(29)37(33)31(24-12-4-1-5-13-24)34(39)35-28-16-8-3-9-17-28/h2,6-7,10-11,14-15,18-24,28,31H,1,3-5,8-9,12-13,16-17H2,(H,35,39)/t31-/m0/s1. The van der Waals surface area contributed by atoms with E-state index < -0.39 is 0 Å². The topological polar surface area (TPSA) is 64.0 Å². The van der Waals surface area contributed by atoms with E-state index in [4.69, 9.17) is 4.98 Å². The predicted octanol–water partition coefficient (Wildman–Crippen LogP) is 7.50. The number of fused-ring (bicyclic) bond motifs is 1. The average molecular weight is 520 g/mol. The van der Waals surface area contributed by atoms with E-state index in [0.29, 0.717) is 11.1 Å². The number of nitrogens with zero attached hydrogens (tertiary/aromatic N) is 2. The minimum atomic E-state index is -0.305. The molecule has 2 aliphatic rings. The molecule has 39 heavy (non-hydrogen) atoms. The number of hydrogen-bond acceptors (Lipinski definition) is 3. The van der Waals surface area contributed by atoms with Crippen LogP contribution in [-0.2, 0) is 4.79 Å². The first-order valence-electron chi connectivity index (χ1n) is 14.7. The van der Waals surface area contributed by atoms with Gasteiger partial charge in [-0.15, -0.1) is 0 Å². The smallest absolute Gasteiger partial charge is 0.243 e. The van der Waals surface area contributed by atoms with E-state index in [0.717, 1.165) is 60.9 Å². The zero-order valence-electron chi connectivity index (χ0n) is 22.5. The molecule has 1 heterocycles. The third-order valence-electron chi connectivity index (χ3n) is 8.63. The van der Waals surface area contributed by atoms with E-state index in [1.165, 1.54) is 25.7 Å². The minimum absolute atomic E-state index is 0.00240. The molecule has 0 bridgehead atoms. The van der Waals surface area contributed by atoms with Gasteiger partial charge in [-0.05, 0) is 43.7 Å². The predicted molar refractivity (Wildman–Crippen MR) is 156 cm³/mol. The van der Waals surface area contributed by atoms with Gasteiger partial charge in [0.1, 0.15) is 11.9 Å². The maximum absolute atomic E-state index is 14.1. The number of para-hydroxylation sites is 2. The molecule has 0 spiro atoms. The summed E-state index contributed by atoms with van der Waals surface area (Å²) < 4.78 is 2.21. The van der Waals surface area contributed by atoms with Crippen molar-refractivity contribution in [3.63, 3.8) is 0 Å². The number of ketones is 1. The molecular formula is C34H37N3O2. The molecule has 1 aromatic heterocycles. The van der Waals surface area contributed by atoms with Crippen LogP contribution in [0.2, 0.25) is 0 Å². The van der Waals surface area contributed by atoms with Gasteiger partial charge in [0, 0.05) is 22.7 Å². The Morgan fingerprint density at radius 3 is 2.05 bits per heavy atom. The van der Waals surface area contributed by atoms with Gasteiger partial charge in [-0.1, -0.05) is 105 Å². The molecule has 0 unspecified atom stereocenters. The van der Waals surface area contributed by atoms with Crippen molar-refractivity contribution in [2.75, 3.05) is 0 Å². The molecule has 1 atom stereocenters. The summed E-state index contributed by atoms with van der Waals surface area (Å²) in [7, 11) is 0. The van der Waals surface area contributed by atoms with Crippen LogP contribution in [0, 0.1) is 5.92 Å². The van der Waals surface area contributed by atoms with Crippen LogP contribution in [0.15, 0.2) is 78.9 Å². The molecule has 2 aliphatic carbocycles. The van der Waals surface area contributed by atoms with Crippen molar-refractivity contribution in [3.8, 4) is 11.4 Å². The highest BCUT2D eigenvalue weighted by Crippen LogP contribution is 2.38. The maximum Gasteiger partial charge on any atom is 0.243 e. The Hall–Kier alpha value is -3.73. The molecule has 0 radical (unpaired) electrons. The third-order valence-corrected chi connectivity index (χ3v) is 8.63. The molecule has 2 fully saturated rings. The fraction of sp³-hybridized carbons (Fsp3) is 0.382. The van der Waals surface area contributed by atoms with Gasteiger partial charge < -0.3 is 9.88 Å². The highest BCUT2D eigenvalue weighted by molar-refractivity contribution is 6.09. The second kappa shape index (κ2) is 11.6. The molecule has 5 heteroatoms. The van der Waals surface area contributed by atoms with Gasteiger partial charge in [-0.3, -0.25) is 9.59 Å². The number of amides is 1. The molecule has 2 saturated carbocycles. The Kier molecular flexibility index (Phi) is 7.57. The lowest BCUT2D eigenvalue weighted by Gasteiger charge is -2.33. The number of rotatable bonds is 7. The summed E-state index contributed by atoms with van der Waals surface area (Å²) in [6, 6.07) is 25.2. The van der Waals surface area contributed by atoms with E-state index in [1.54, 1.807) is 0 Å². The number of benzene rings is 3. The third kappa shape index (κ3) is 5.40. The van der Waals surface area contributed by atoms with Crippen molar-refractivity contribution in [1.82, 2.24) is 14.9 Å². The fourth-order valence-corrected chi connectivity index (χ4v) is 6.58. The highest BCUT2D eigenvalue weighted by atomic mass is 16.2. The van der Waals surface area contributed by atoms with E-state index in [-0.39, 0.29) is 29.7 Å². The molecule has 4 aromatic rings. The molecule has 1 amide bonds. The Bertz CT molecular complexity index is 1430. The number of hydrogen-bond donors (Lipinski definition) is 1. The minimum Gasteiger partial charge on any atom is -0.352 e. The van der Waals surface area contributed by atoms with Gasteiger partial charge in [0.05, 0.1) is 11.0 Å². The number of aromatic nitrogens is 2. The average Bonchev–Trinajstić information content (AvgIpc) is 3.38. The zero-order valence-corrected chi connectivity index (χ0v) is 22.5. The van der Waals surface area contributed by atoms with Gasteiger partial charge in [-0.25, -0.2) is 4.98 Å². The Labute approximate surface area is 230 Å². The summed E-state index contributed by atoms with van der Waals surface area (Å²) in [6.07, 6.45) is 11.4. The van der Waals surface area contributed by atoms with Gasteiger partial charge >= 0.3 is 0 Å². The largest absolute Gasteiger partial charge is 0.352 e.